The number of nitrogens with zero attached hydrogens (tertiary/aromatic N) is 3. The molecule has 1 aromatic carbocycles. The first-order chi connectivity index (χ1) is 12.4. The number of pyridine rings is 1. The van der Waals surface area contributed by atoms with Crippen molar-refractivity contribution in [2.24, 2.45) is 0 Å². The van der Waals surface area contributed by atoms with Gasteiger partial charge in [-0.1, -0.05) is 24.3 Å². The Morgan fingerprint density at radius 2 is 1.88 bits per heavy atom. The summed E-state index contributed by atoms with van der Waals surface area (Å²) < 4.78 is 41.6. The molecule has 0 unspecified atom stereocenters. The van der Waals surface area contributed by atoms with Gasteiger partial charge in [0.25, 0.3) is 5.91 Å². The van der Waals surface area contributed by atoms with E-state index in [1.54, 1.807) is 49.5 Å². The molecule has 0 radical (unpaired) electrons. The summed E-state index contributed by atoms with van der Waals surface area (Å²) in [4.78, 5) is 16.3. The lowest BCUT2D eigenvalue weighted by atomic mass is 10.1. The van der Waals surface area contributed by atoms with E-state index in [2.05, 4.69) is 15.4 Å². The molecule has 0 spiro atoms. The number of halogens is 3. The molecule has 3 rings (SSSR count). The number of aryl methyl sites for hydroxylation is 1. The number of hydrogen-bond donors (Lipinski definition) is 1. The number of carbonyl (C=O) groups excluding carboxylic acids is 1. The number of carbonyl (C=O) groups is 1. The van der Waals surface area contributed by atoms with Gasteiger partial charge in [-0.15, -0.1) is 0 Å². The standard InChI is InChI=1S/C18H15F3N4O/c1-12-6-2-3-8-15(12)25-16(18(19,20)21)14(11-24-25)17(26)23-10-13-7-4-5-9-22-13/h2-9,11H,10H2,1H3,(H,23,26). The molecule has 0 fully saturated rings. The lowest BCUT2D eigenvalue weighted by Gasteiger charge is -2.14. The van der Waals surface area contributed by atoms with Crippen LogP contribution in [0.25, 0.3) is 5.69 Å². The number of rotatable bonds is 4. The second-order valence-corrected chi connectivity index (χ2v) is 5.61. The molecule has 1 amide bonds. The van der Waals surface area contributed by atoms with Gasteiger partial charge in [0.2, 0.25) is 0 Å². The maximum atomic E-state index is 13.6. The normalized spacial score (nSPS) is 11.4. The van der Waals surface area contributed by atoms with Crippen LogP contribution < -0.4 is 5.32 Å². The van der Waals surface area contributed by atoms with E-state index in [1.807, 2.05) is 0 Å². The lowest BCUT2D eigenvalue weighted by molar-refractivity contribution is -0.143. The van der Waals surface area contributed by atoms with Crippen LogP contribution in [0.5, 0.6) is 0 Å². The van der Waals surface area contributed by atoms with E-state index in [-0.39, 0.29) is 12.2 Å². The maximum Gasteiger partial charge on any atom is 0.434 e. The third kappa shape index (κ3) is 3.58. The van der Waals surface area contributed by atoms with Gasteiger partial charge in [0, 0.05) is 6.20 Å². The van der Waals surface area contributed by atoms with Gasteiger partial charge in [0.15, 0.2) is 5.69 Å². The zero-order valence-electron chi connectivity index (χ0n) is 13.8. The topological polar surface area (TPSA) is 59.8 Å². The second-order valence-electron chi connectivity index (χ2n) is 5.61. The Labute approximate surface area is 147 Å². The SMILES string of the molecule is Cc1ccccc1-n1ncc(C(=O)NCc2ccccn2)c1C(F)(F)F. The van der Waals surface area contributed by atoms with Gasteiger partial charge in [-0.2, -0.15) is 18.3 Å². The lowest BCUT2D eigenvalue weighted by Crippen LogP contribution is -2.26. The summed E-state index contributed by atoms with van der Waals surface area (Å²) in [5, 5.41) is 6.26. The second kappa shape index (κ2) is 6.99. The Morgan fingerprint density at radius 3 is 2.54 bits per heavy atom. The van der Waals surface area contributed by atoms with Crippen molar-refractivity contribution >= 4 is 5.91 Å². The van der Waals surface area contributed by atoms with Crippen LogP contribution in [0.2, 0.25) is 0 Å². The largest absolute Gasteiger partial charge is 0.434 e. The highest BCUT2D eigenvalue weighted by atomic mass is 19.4. The van der Waals surface area contributed by atoms with Gasteiger partial charge in [-0.05, 0) is 30.7 Å². The van der Waals surface area contributed by atoms with Gasteiger partial charge < -0.3 is 5.32 Å². The molecule has 3 aromatic rings. The summed E-state index contributed by atoms with van der Waals surface area (Å²) in [6.45, 7) is 1.70. The minimum absolute atomic E-state index is 0.0204. The number of benzene rings is 1. The Kier molecular flexibility index (Phi) is 4.75. The molecule has 0 atom stereocenters. The number of aromatic nitrogens is 3. The van der Waals surface area contributed by atoms with Crippen molar-refractivity contribution in [2.45, 2.75) is 19.6 Å². The van der Waals surface area contributed by atoms with E-state index in [0.29, 0.717) is 11.3 Å². The third-order valence-electron chi connectivity index (χ3n) is 3.78. The highest BCUT2D eigenvalue weighted by molar-refractivity contribution is 5.95. The van der Waals surface area contributed by atoms with E-state index in [1.165, 1.54) is 6.07 Å². The number of amides is 1. The zero-order valence-corrected chi connectivity index (χ0v) is 13.8. The highest BCUT2D eigenvalue weighted by Gasteiger charge is 2.40. The molecule has 2 heterocycles. The van der Waals surface area contributed by atoms with E-state index < -0.39 is 23.3 Å². The van der Waals surface area contributed by atoms with Crippen molar-refractivity contribution in [3.05, 3.63) is 77.4 Å². The molecule has 0 aliphatic carbocycles. The Morgan fingerprint density at radius 1 is 1.15 bits per heavy atom. The van der Waals surface area contributed by atoms with E-state index >= 15 is 0 Å². The maximum absolute atomic E-state index is 13.6. The summed E-state index contributed by atoms with van der Waals surface area (Å²) in [6.07, 6.45) is -2.27. The quantitative estimate of drug-likeness (QED) is 0.774. The van der Waals surface area contributed by atoms with Crippen LogP contribution >= 0.6 is 0 Å². The van der Waals surface area contributed by atoms with Crippen molar-refractivity contribution < 1.29 is 18.0 Å². The van der Waals surface area contributed by atoms with Crippen molar-refractivity contribution in [2.75, 3.05) is 0 Å². The summed E-state index contributed by atoms with van der Waals surface area (Å²) >= 11 is 0. The summed E-state index contributed by atoms with van der Waals surface area (Å²) in [7, 11) is 0. The summed E-state index contributed by atoms with van der Waals surface area (Å²) in [5.41, 5.74) is -0.215. The summed E-state index contributed by atoms with van der Waals surface area (Å²) in [6, 6.07) is 11.6. The van der Waals surface area contributed by atoms with E-state index in [0.717, 1.165) is 10.9 Å². The molecule has 0 bridgehead atoms. The first-order valence-electron chi connectivity index (χ1n) is 7.77. The van der Waals surface area contributed by atoms with E-state index in [9.17, 15) is 18.0 Å². The third-order valence-corrected chi connectivity index (χ3v) is 3.78. The smallest absolute Gasteiger partial charge is 0.346 e. The van der Waals surface area contributed by atoms with Crippen LogP contribution in [0.1, 0.15) is 27.3 Å². The van der Waals surface area contributed by atoms with Gasteiger partial charge >= 0.3 is 6.18 Å². The van der Waals surface area contributed by atoms with Gasteiger partial charge in [0.1, 0.15) is 0 Å². The Hall–Kier alpha value is -3.16. The fourth-order valence-electron chi connectivity index (χ4n) is 2.54. The van der Waals surface area contributed by atoms with Gasteiger partial charge in [-0.25, -0.2) is 4.68 Å². The zero-order chi connectivity index (χ0) is 18.7. The highest BCUT2D eigenvalue weighted by Crippen LogP contribution is 2.34. The first-order valence-corrected chi connectivity index (χ1v) is 7.77. The number of alkyl halides is 3. The molecule has 0 aliphatic heterocycles. The number of para-hydroxylation sites is 1. The molecule has 5 nitrogen and oxygen atoms in total. The van der Waals surface area contributed by atoms with Gasteiger partial charge in [0.05, 0.1) is 29.7 Å². The minimum atomic E-state index is -4.74. The van der Waals surface area contributed by atoms with Crippen molar-refractivity contribution in [3.63, 3.8) is 0 Å². The molecule has 134 valence electrons. The number of hydrogen-bond acceptors (Lipinski definition) is 3. The van der Waals surface area contributed by atoms with Crippen LogP contribution in [-0.4, -0.2) is 20.7 Å². The Bertz CT molecular complexity index is 920. The molecule has 8 heteroatoms. The van der Waals surface area contributed by atoms with Crippen molar-refractivity contribution in [1.82, 2.24) is 20.1 Å². The predicted octanol–water partition coefficient (Wildman–Crippen LogP) is 3.52. The van der Waals surface area contributed by atoms with Crippen LogP contribution in [0.4, 0.5) is 13.2 Å². The van der Waals surface area contributed by atoms with Crippen LogP contribution in [0.3, 0.4) is 0 Å². The Balaban J connectivity index is 1.95. The molecule has 1 N–H and O–H groups in total. The van der Waals surface area contributed by atoms with Crippen LogP contribution in [-0.2, 0) is 12.7 Å². The van der Waals surface area contributed by atoms with Gasteiger partial charge in [-0.3, -0.25) is 9.78 Å². The molecular weight excluding hydrogens is 345 g/mol. The molecule has 26 heavy (non-hydrogen) atoms. The first kappa shape index (κ1) is 17.7. The summed E-state index contributed by atoms with van der Waals surface area (Å²) in [5.74, 6) is -0.859. The van der Waals surface area contributed by atoms with E-state index in [4.69, 9.17) is 0 Å². The molecule has 0 saturated heterocycles. The minimum Gasteiger partial charge on any atom is -0.346 e. The monoisotopic (exact) mass is 360 g/mol. The number of nitrogens with one attached hydrogen (secondary N) is 1. The fraction of sp³-hybridized carbons (Fsp3) is 0.167. The average molecular weight is 360 g/mol. The fourth-order valence-corrected chi connectivity index (χ4v) is 2.54. The van der Waals surface area contributed by atoms with Crippen molar-refractivity contribution in [1.29, 1.82) is 0 Å². The molecular formula is C18H15F3N4O. The van der Waals surface area contributed by atoms with Crippen molar-refractivity contribution in [3.8, 4) is 5.69 Å². The molecule has 2 aromatic heterocycles. The molecule has 0 aliphatic rings. The predicted molar refractivity (Wildman–Crippen MR) is 88.7 cm³/mol. The van der Waals surface area contributed by atoms with Crippen LogP contribution in [0.15, 0.2) is 54.9 Å². The average Bonchev–Trinajstić information content (AvgIpc) is 3.06. The van der Waals surface area contributed by atoms with Crippen LogP contribution in [0, 0.1) is 6.92 Å². The molecule has 0 saturated carbocycles.